The molecule has 0 saturated heterocycles. The fourth-order valence-corrected chi connectivity index (χ4v) is 1.25. The minimum Gasteiger partial charge on any atom is -0.493 e. The highest BCUT2D eigenvalue weighted by atomic mass is 19.1. The quantitative estimate of drug-likeness (QED) is 0.714. The van der Waals surface area contributed by atoms with Crippen molar-refractivity contribution < 1.29 is 13.9 Å². The van der Waals surface area contributed by atoms with Crippen LogP contribution >= 0.6 is 0 Å². The van der Waals surface area contributed by atoms with Gasteiger partial charge in [0.2, 0.25) is 0 Å². The summed E-state index contributed by atoms with van der Waals surface area (Å²) < 4.78 is 22.3. The number of alkyl halides is 1. The van der Waals surface area contributed by atoms with Gasteiger partial charge in [0.1, 0.15) is 0 Å². The summed E-state index contributed by atoms with van der Waals surface area (Å²) in [5.41, 5.74) is 0.837. The van der Waals surface area contributed by atoms with Gasteiger partial charge in [-0.15, -0.1) is 0 Å². The van der Waals surface area contributed by atoms with Crippen molar-refractivity contribution in [3.63, 3.8) is 0 Å². The summed E-state index contributed by atoms with van der Waals surface area (Å²) in [5.74, 6) is 1.27. The zero-order valence-corrected chi connectivity index (χ0v) is 7.84. The Kier molecular flexibility index (Phi) is 3.55. The Morgan fingerprint density at radius 2 is 2.00 bits per heavy atom. The number of benzene rings is 1. The van der Waals surface area contributed by atoms with Gasteiger partial charge < -0.3 is 9.47 Å². The molecule has 3 heteroatoms. The first-order valence-electron chi connectivity index (χ1n) is 4.09. The van der Waals surface area contributed by atoms with Gasteiger partial charge in [-0.2, -0.15) is 0 Å². The third kappa shape index (κ3) is 2.11. The lowest BCUT2D eigenvalue weighted by Crippen LogP contribution is -1.96. The van der Waals surface area contributed by atoms with Crippen molar-refractivity contribution in [3.8, 4) is 11.5 Å². The molecular weight excluding hydrogens is 171 g/mol. The van der Waals surface area contributed by atoms with Gasteiger partial charge in [-0.25, -0.2) is 0 Å². The number of methoxy groups -OCH3 is 2. The van der Waals surface area contributed by atoms with E-state index in [2.05, 4.69) is 0 Å². The molecule has 0 aromatic heterocycles. The molecule has 0 radical (unpaired) electrons. The number of halogens is 1. The minimum absolute atomic E-state index is 0.361. The van der Waals surface area contributed by atoms with Crippen LogP contribution < -0.4 is 9.47 Å². The van der Waals surface area contributed by atoms with E-state index in [0.29, 0.717) is 17.9 Å². The van der Waals surface area contributed by atoms with E-state index in [0.717, 1.165) is 5.56 Å². The lowest BCUT2D eigenvalue weighted by molar-refractivity contribution is 0.350. The van der Waals surface area contributed by atoms with E-state index >= 15 is 0 Å². The normalized spacial score (nSPS) is 9.77. The lowest BCUT2D eigenvalue weighted by atomic mass is 10.1. The smallest absolute Gasteiger partial charge is 0.163 e. The van der Waals surface area contributed by atoms with Gasteiger partial charge in [0.25, 0.3) is 0 Å². The standard InChI is InChI=1S/C10H13FO2/c1-12-9-5-3-4-8(6-7-11)10(9)13-2/h3-5H,6-7H2,1-2H3. The minimum atomic E-state index is -0.385. The summed E-state index contributed by atoms with van der Waals surface area (Å²) in [4.78, 5) is 0. The zero-order chi connectivity index (χ0) is 9.68. The molecule has 0 unspecified atom stereocenters. The number of hydrogen-bond acceptors (Lipinski definition) is 2. The molecule has 2 nitrogen and oxygen atoms in total. The maximum atomic E-state index is 12.1. The van der Waals surface area contributed by atoms with Crippen molar-refractivity contribution >= 4 is 0 Å². The second-order valence-corrected chi connectivity index (χ2v) is 2.59. The van der Waals surface area contributed by atoms with Crippen LogP contribution in [0, 0.1) is 0 Å². The molecule has 0 bridgehead atoms. The summed E-state index contributed by atoms with van der Waals surface area (Å²) in [5, 5.41) is 0. The molecule has 72 valence electrons. The molecule has 0 spiro atoms. The Balaban J connectivity index is 3.03. The molecule has 0 aliphatic carbocycles. The first kappa shape index (κ1) is 9.84. The SMILES string of the molecule is COc1cccc(CCF)c1OC. The summed E-state index contributed by atoms with van der Waals surface area (Å²) in [6.45, 7) is -0.385. The van der Waals surface area contributed by atoms with Crippen molar-refractivity contribution in [2.24, 2.45) is 0 Å². The van der Waals surface area contributed by atoms with Gasteiger partial charge in [0.05, 0.1) is 20.9 Å². The van der Waals surface area contributed by atoms with Crippen LogP contribution in [0.1, 0.15) is 5.56 Å². The predicted octanol–water partition coefficient (Wildman–Crippen LogP) is 2.22. The second kappa shape index (κ2) is 4.70. The first-order chi connectivity index (χ1) is 6.33. The van der Waals surface area contributed by atoms with Crippen LogP contribution in [0.25, 0.3) is 0 Å². The highest BCUT2D eigenvalue weighted by Crippen LogP contribution is 2.30. The topological polar surface area (TPSA) is 18.5 Å². The van der Waals surface area contributed by atoms with E-state index in [1.165, 1.54) is 0 Å². The van der Waals surface area contributed by atoms with Crippen molar-refractivity contribution in [3.05, 3.63) is 23.8 Å². The van der Waals surface area contributed by atoms with Crippen molar-refractivity contribution in [1.82, 2.24) is 0 Å². The van der Waals surface area contributed by atoms with E-state index < -0.39 is 0 Å². The maximum absolute atomic E-state index is 12.1. The number of para-hydroxylation sites is 1. The van der Waals surface area contributed by atoms with E-state index in [4.69, 9.17) is 9.47 Å². The Bertz CT molecular complexity index is 274. The predicted molar refractivity (Wildman–Crippen MR) is 49.2 cm³/mol. The molecule has 0 N–H and O–H groups in total. The van der Waals surface area contributed by atoms with Crippen LogP contribution in [0.3, 0.4) is 0 Å². The van der Waals surface area contributed by atoms with Crippen molar-refractivity contribution in [2.45, 2.75) is 6.42 Å². The zero-order valence-electron chi connectivity index (χ0n) is 7.84. The Labute approximate surface area is 77.3 Å². The molecular formula is C10H13FO2. The first-order valence-corrected chi connectivity index (χ1v) is 4.09. The molecule has 13 heavy (non-hydrogen) atoms. The van der Waals surface area contributed by atoms with Gasteiger partial charge >= 0.3 is 0 Å². The molecule has 0 heterocycles. The lowest BCUT2D eigenvalue weighted by Gasteiger charge is -2.10. The Morgan fingerprint density at radius 1 is 1.23 bits per heavy atom. The van der Waals surface area contributed by atoms with E-state index in [9.17, 15) is 4.39 Å². The average molecular weight is 184 g/mol. The van der Waals surface area contributed by atoms with Crippen LogP contribution in [-0.4, -0.2) is 20.9 Å². The van der Waals surface area contributed by atoms with E-state index in [1.807, 2.05) is 12.1 Å². The van der Waals surface area contributed by atoms with E-state index in [1.54, 1.807) is 20.3 Å². The molecule has 1 rings (SSSR count). The fourth-order valence-electron chi connectivity index (χ4n) is 1.25. The van der Waals surface area contributed by atoms with Gasteiger partial charge in [0.15, 0.2) is 11.5 Å². The Hall–Kier alpha value is -1.25. The molecule has 0 aliphatic heterocycles. The average Bonchev–Trinajstić information content (AvgIpc) is 2.18. The summed E-state index contributed by atoms with van der Waals surface area (Å²) in [7, 11) is 3.12. The van der Waals surface area contributed by atoms with Crippen LogP contribution in [0.2, 0.25) is 0 Å². The monoisotopic (exact) mass is 184 g/mol. The van der Waals surface area contributed by atoms with Crippen LogP contribution in [0.15, 0.2) is 18.2 Å². The number of aryl methyl sites for hydroxylation is 1. The van der Waals surface area contributed by atoms with E-state index in [-0.39, 0.29) is 6.67 Å². The number of rotatable bonds is 4. The molecule has 1 aromatic carbocycles. The maximum Gasteiger partial charge on any atom is 0.163 e. The van der Waals surface area contributed by atoms with Gasteiger partial charge in [-0.05, 0) is 6.07 Å². The van der Waals surface area contributed by atoms with Crippen LogP contribution in [0.4, 0.5) is 4.39 Å². The third-order valence-electron chi connectivity index (χ3n) is 1.85. The summed E-state index contributed by atoms with van der Waals surface area (Å²) in [6.07, 6.45) is 0.361. The fraction of sp³-hybridized carbons (Fsp3) is 0.400. The largest absolute Gasteiger partial charge is 0.493 e. The summed E-state index contributed by atoms with van der Waals surface area (Å²) >= 11 is 0. The van der Waals surface area contributed by atoms with Gasteiger partial charge in [0, 0.05) is 12.0 Å². The molecule has 0 atom stereocenters. The van der Waals surface area contributed by atoms with Crippen LogP contribution in [-0.2, 0) is 6.42 Å². The highest BCUT2D eigenvalue weighted by Gasteiger charge is 2.08. The Morgan fingerprint density at radius 3 is 2.54 bits per heavy atom. The van der Waals surface area contributed by atoms with Gasteiger partial charge in [-0.1, -0.05) is 12.1 Å². The third-order valence-corrected chi connectivity index (χ3v) is 1.85. The molecule has 0 amide bonds. The second-order valence-electron chi connectivity index (χ2n) is 2.59. The molecule has 0 aliphatic rings. The molecule has 0 fully saturated rings. The van der Waals surface area contributed by atoms with Crippen molar-refractivity contribution in [2.75, 3.05) is 20.9 Å². The molecule has 0 saturated carbocycles. The number of ether oxygens (including phenoxy) is 2. The highest BCUT2D eigenvalue weighted by molar-refractivity contribution is 5.46. The van der Waals surface area contributed by atoms with Gasteiger partial charge in [-0.3, -0.25) is 4.39 Å². The number of hydrogen-bond donors (Lipinski definition) is 0. The molecule has 1 aromatic rings. The van der Waals surface area contributed by atoms with Crippen LogP contribution in [0.5, 0.6) is 11.5 Å². The summed E-state index contributed by atoms with van der Waals surface area (Å²) in [6, 6.07) is 5.45. The van der Waals surface area contributed by atoms with Crippen molar-refractivity contribution in [1.29, 1.82) is 0 Å².